The smallest absolute Gasteiger partial charge is 0.267 e. The lowest BCUT2D eigenvalue weighted by Crippen LogP contribution is -2.26. The lowest BCUT2D eigenvalue weighted by atomic mass is 10.2. The van der Waals surface area contributed by atoms with Crippen molar-refractivity contribution in [3.05, 3.63) is 57.3 Å². The fourth-order valence-corrected chi connectivity index (χ4v) is 4.04. The molecule has 1 aromatic carbocycles. The van der Waals surface area contributed by atoms with Gasteiger partial charge in [0.25, 0.3) is 5.91 Å². The standard InChI is InChI=1S/C17H16BrFN2OS/c1-2-7-20-17(22)14-8-15-13(9-16(18)23-15)21(14)10-11-3-5-12(19)6-4-11/h3-6,8-9H,2,7,10H2,1H3,(H,20,22). The molecule has 1 amide bonds. The highest BCUT2D eigenvalue weighted by Crippen LogP contribution is 2.33. The van der Waals surface area contributed by atoms with Crippen LogP contribution in [0, 0.1) is 5.82 Å². The van der Waals surface area contributed by atoms with Gasteiger partial charge in [0, 0.05) is 13.1 Å². The minimum atomic E-state index is -0.259. The van der Waals surface area contributed by atoms with Crippen molar-refractivity contribution < 1.29 is 9.18 Å². The third kappa shape index (κ3) is 3.48. The molecule has 0 atom stereocenters. The van der Waals surface area contributed by atoms with Crippen LogP contribution in [0.1, 0.15) is 29.4 Å². The number of nitrogens with one attached hydrogen (secondary N) is 1. The van der Waals surface area contributed by atoms with E-state index >= 15 is 0 Å². The second kappa shape index (κ2) is 6.84. The first kappa shape index (κ1) is 16.2. The van der Waals surface area contributed by atoms with Crippen molar-refractivity contribution in [3.8, 4) is 0 Å². The molecular formula is C17H16BrFN2OS. The van der Waals surface area contributed by atoms with Gasteiger partial charge in [0.15, 0.2) is 0 Å². The first-order chi connectivity index (χ1) is 11.1. The van der Waals surface area contributed by atoms with E-state index in [0.29, 0.717) is 18.8 Å². The van der Waals surface area contributed by atoms with Crippen LogP contribution in [0.3, 0.4) is 0 Å². The number of halogens is 2. The van der Waals surface area contributed by atoms with Gasteiger partial charge < -0.3 is 9.88 Å². The first-order valence-electron chi connectivity index (χ1n) is 7.39. The van der Waals surface area contributed by atoms with Gasteiger partial charge in [0.2, 0.25) is 0 Å². The molecule has 0 aliphatic rings. The zero-order chi connectivity index (χ0) is 16.4. The normalized spacial score (nSPS) is 11.1. The Bertz CT molecular complexity index is 838. The molecule has 6 heteroatoms. The lowest BCUT2D eigenvalue weighted by molar-refractivity contribution is 0.0945. The Balaban J connectivity index is 2.00. The number of fused-ring (bicyclic) bond motifs is 1. The van der Waals surface area contributed by atoms with Crippen LogP contribution in [-0.2, 0) is 6.54 Å². The van der Waals surface area contributed by atoms with E-state index in [2.05, 4.69) is 21.2 Å². The summed E-state index contributed by atoms with van der Waals surface area (Å²) in [6, 6.07) is 10.3. The fraction of sp³-hybridized carbons (Fsp3) is 0.235. The molecule has 3 nitrogen and oxygen atoms in total. The third-order valence-electron chi connectivity index (χ3n) is 3.58. The van der Waals surface area contributed by atoms with Gasteiger partial charge in [0.1, 0.15) is 11.5 Å². The maximum atomic E-state index is 13.1. The van der Waals surface area contributed by atoms with Crippen LogP contribution in [-0.4, -0.2) is 17.0 Å². The number of thiophene rings is 1. The third-order valence-corrected chi connectivity index (χ3v) is 5.16. The maximum Gasteiger partial charge on any atom is 0.267 e. The summed E-state index contributed by atoms with van der Waals surface area (Å²) in [7, 11) is 0. The highest BCUT2D eigenvalue weighted by atomic mass is 79.9. The first-order valence-corrected chi connectivity index (χ1v) is 9.00. The predicted molar refractivity (Wildman–Crippen MR) is 95.6 cm³/mol. The number of rotatable bonds is 5. The zero-order valence-corrected chi connectivity index (χ0v) is 15.0. The minimum absolute atomic E-state index is 0.0755. The molecule has 0 fully saturated rings. The van der Waals surface area contributed by atoms with Crippen LogP contribution in [0.4, 0.5) is 4.39 Å². The number of benzene rings is 1. The summed E-state index contributed by atoms with van der Waals surface area (Å²) in [5, 5.41) is 2.92. The van der Waals surface area contributed by atoms with Crippen LogP contribution in [0.2, 0.25) is 0 Å². The van der Waals surface area contributed by atoms with Gasteiger partial charge in [-0.05, 0) is 52.2 Å². The molecule has 0 unspecified atom stereocenters. The van der Waals surface area contributed by atoms with E-state index in [1.165, 1.54) is 12.1 Å². The molecule has 0 aliphatic carbocycles. The van der Waals surface area contributed by atoms with Gasteiger partial charge in [0.05, 0.1) is 14.0 Å². The molecule has 2 aromatic heterocycles. The van der Waals surface area contributed by atoms with Crippen molar-refractivity contribution in [2.24, 2.45) is 0 Å². The quantitative estimate of drug-likeness (QED) is 0.662. The number of carbonyl (C=O) groups excluding carboxylic acids is 1. The van der Waals surface area contributed by atoms with Crippen molar-refractivity contribution in [2.75, 3.05) is 6.54 Å². The summed E-state index contributed by atoms with van der Waals surface area (Å²) in [5.41, 5.74) is 2.60. The van der Waals surface area contributed by atoms with E-state index < -0.39 is 0 Å². The summed E-state index contributed by atoms with van der Waals surface area (Å²) < 4.78 is 17.2. The van der Waals surface area contributed by atoms with Gasteiger partial charge in [-0.3, -0.25) is 4.79 Å². The second-order valence-corrected chi connectivity index (χ2v) is 7.76. The monoisotopic (exact) mass is 394 g/mol. The Hall–Kier alpha value is -1.66. The Morgan fingerprint density at radius 1 is 1.30 bits per heavy atom. The number of carbonyl (C=O) groups is 1. The Labute approximate surface area is 146 Å². The highest BCUT2D eigenvalue weighted by molar-refractivity contribution is 9.11. The zero-order valence-electron chi connectivity index (χ0n) is 12.6. The number of amides is 1. The Kier molecular flexibility index (Phi) is 4.82. The Morgan fingerprint density at radius 2 is 2.04 bits per heavy atom. The molecule has 0 spiro atoms. The van der Waals surface area contributed by atoms with Crippen molar-refractivity contribution in [1.29, 1.82) is 0 Å². The average Bonchev–Trinajstić information content (AvgIpc) is 3.04. The van der Waals surface area contributed by atoms with Crippen LogP contribution in [0.15, 0.2) is 40.2 Å². The van der Waals surface area contributed by atoms with E-state index in [-0.39, 0.29) is 11.7 Å². The second-order valence-electron chi connectivity index (χ2n) is 5.30. The van der Waals surface area contributed by atoms with E-state index in [1.54, 1.807) is 23.5 Å². The summed E-state index contributed by atoms with van der Waals surface area (Å²) in [6.07, 6.45) is 0.893. The summed E-state index contributed by atoms with van der Waals surface area (Å²) in [5.74, 6) is -0.334. The molecular weight excluding hydrogens is 379 g/mol. The van der Waals surface area contributed by atoms with Gasteiger partial charge in [-0.25, -0.2) is 4.39 Å². The number of hydrogen-bond donors (Lipinski definition) is 1. The summed E-state index contributed by atoms with van der Waals surface area (Å²) in [4.78, 5) is 12.4. The van der Waals surface area contributed by atoms with Crippen molar-refractivity contribution in [2.45, 2.75) is 19.9 Å². The van der Waals surface area contributed by atoms with Gasteiger partial charge in [-0.15, -0.1) is 11.3 Å². The number of hydrogen-bond acceptors (Lipinski definition) is 2. The summed E-state index contributed by atoms with van der Waals surface area (Å²) >= 11 is 5.09. The SMILES string of the molecule is CCCNC(=O)c1cc2sc(Br)cc2n1Cc1ccc(F)cc1. The van der Waals surface area contributed by atoms with Crippen molar-refractivity contribution >= 4 is 43.4 Å². The van der Waals surface area contributed by atoms with Crippen LogP contribution >= 0.6 is 27.3 Å². The molecule has 0 saturated carbocycles. The molecule has 0 aliphatic heterocycles. The molecule has 2 heterocycles. The van der Waals surface area contributed by atoms with E-state index in [4.69, 9.17) is 0 Å². The van der Waals surface area contributed by atoms with Crippen molar-refractivity contribution in [1.82, 2.24) is 9.88 Å². The van der Waals surface area contributed by atoms with E-state index in [0.717, 1.165) is 26.0 Å². The molecule has 3 rings (SSSR count). The summed E-state index contributed by atoms with van der Waals surface area (Å²) in [6.45, 7) is 3.20. The van der Waals surface area contributed by atoms with Crippen molar-refractivity contribution in [3.63, 3.8) is 0 Å². The largest absolute Gasteiger partial charge is 0.351 e. The van der Waals surface area contributed by atoms with Gasteiger partial charge in [-0.2, -0.15) is 0 Å². The van der Waals surface area contributed by atoms with Crippen LogP contribution in [0.5, 0.6) is 0 Å². The number of nitrogens with zero attached hydrogens (tertiary/aromatic N) is 1. The number of aromatic nitrogens is 1. The fourth-order valence-electron chi connectivity index (χ4n) is 2.47. The molecule has 1 N–H and O–H groups in total. The molecule has 0 saturated heterocycles. The molecule has 0 bridgehead atoms. The van der Waals surface area contributed by atoms with Gasteiger partial charge in [-0.1, -0.05) is 19.1 Å². The molecule has 0 radical (unpaired) electrons. The molecule has 120 valence electrons. The Morgan fingerprint density at radius 3 is 2.74 bits per heavy atom. The van der Waals surface area contributed by atoms with E-state index in [1.807, 2.05) is 23.6 Å². The van der Waals surface area contributed by atoms with E-state index in [9.17, 15) is 9.18 Å². The topological polar surface area (TPSA) is 34.0 Å². The lowest BCUT2D eigenvalue weighted by Gasteiger charge is -2.11. The van der Waals surface area contributed by atoms with Crippen LogP contribution < -0.4 is 5.32 Å². The highest BCUT2D eigenvalue weighted by Gasteiger charge is 2.17. The van der Waals surface area contributed by atoms with Crippen LogP contribution in [0.25, 0.3) is 10.2 Å². The van der Waals surface area contributed by atoms with Gasteiger partial charge >= 0.3 is 0 Å². The molecule has 3 aromatic rings. The minimum Gasteiger partial charge on any atom is -0.351 e. The average molecular weight is 395 g/mol. The maximum absolute atomic E-state index is 13.1. The predicted octanol–water partition coefficient (Wildman–Crippen LogP) is 4.79. The molecule has 23 heavy (non-hydrogen) atoms.